The molecule has 5 nitrogen and oxygen atoms in total. The highest BCUT2D eigenvalue weighted by molar-refractivity contribution is 5.70. The standard InChI is InChI=1S/C5H11NO4/c6-2-3(5(9)10)1-4(7)8/h3-4,7-8H,1-2,6H2,(H,9,10). The molecule has 1 atom stereocenters. The Morgan fingerprint density at radius 1 is 1.50 bits per heavy atom. The van der Waals surface area contributed by atoms with E-state index in [1.165, 1.54) is 0 Å². The number of carboxylic acid groups (broad SMARTS) is 1. The van der Waals surface area contributed by atoms with E-state index in [1.807, 2.05) is 0 Å². The number of carboxylic acids is 1. The van der Waals surface area contributed by atoms with Crippen LogP contribution in [0.25, 0.3) is 0 Å². The average molecular weight is 149 g/mol. The van der Waals surface area contributed by atoms with Crippen molar-refractivity contribution in [2.24, 2.45) is 11.7 Å². The molecule has 10 heavy (non-hydrogen) atoms. The second-order valence-electron chi connectivity index (χ2n) is 1.99. The van der Waals surface area contributed by atoms with E-state index in [2.05, 4.69) is 0 Å². The quantitative estimate of drug-likeness (QED) is 0.358. The van der Waals surface area contributed by atoms with Gasteiger partial charge in [-0.3, -0.25) is 4.79 Å². The molecule has 0 aliphatic heterocycles. The summed E-state index contributed by atoms with van der Waals surface area (Å²) in [7, 11) is 0. The van der Waals surface area contributed by atoms with Gasteiger partial charge in [0.2, 0.25) is 0 Å². The zero-order chi connectivity index (χ0) is 8.15. The lowest BCUT2D eigenvalue weighted by Gasteiger charge is -2.09. The van der Waals surface area contributed by atoms with Crippen molar-refractivity contribution < 1.29 is 20.1 Å². The average Bonchev–Trinajstić information content (AvgIpc) is 1.81. The Hall–Kier alpha value is -0.650. The van der Waals surface area contributed by atoms with Crippen molar-refractivity contribution in [3.05, 3.63) is 0 Å². The van der Waals surface area contributed by atoms with Gasteiger partial charge in [-0.05, 0) is 0 Å². The normalized spacial score (nSPS) is 13.6. The number of aliphatic hydroxyl groups is 2. The number of nitrogens with two attached hydrogens (primary N) is 1. The number of aliphatic carboxylic acids is 1. The van der Waals surface area contributed by atoms with Crippen LogP contribution < -0.4 is 5.73 Å². The van der Waals surface area contributed by atoms with Crippen molar-refractivity contribution in [1.82, 2.24) is 0 Å². The van der Waals surface area contributed by atoms with Crippen LogP contribution in [-0.2, 0) is 4.79 Å². The second kappa shape index (κ2) is 4.21. The minimum absolute atomic E-state index is 0.0764. The van der Waals surface area contributed by atoms with Gasteiger partial charge in [-0.25, -0.2) is 0 Å². The van der Waals surface area contributed by atoms with Crippen LogP contribution in [0.1, 0.15) is 6.42 Å². The molecule has 0 radical (unpaired) electrons. The third-order valence-electron chi connectivity index (χ3n) is 1.13. The molecule has 0 aromatic heterocycles. The molecule has 0 amide bonds. The summed E-state index contributed by atoms with van der Waals surface area (Å²) in [5, 5.41) is 25.0. The predicted molar refractivity (Wildman–Crippen MR) is 33.0 cm³/mol. The van der Waals surface area contributed by atoms with E-state index in [9.17, 15) is 4.79 Å². The summed E-state index contributed by atoms with van der Waals surface area (Å²) in [5.74, 6) is -1.96. The van der Waals surface area contributed by atoms with Gasteiger partial charge in [0.1, 0.15) is 0 Å². The molecular weight excluding hydrogens is 138 g/mol. The molecule has 0 bridgehead atoms. The third-order valence-corrected chi connectivity index (χ3v) is 1.13. The second-order valence-corrected chi connectivity index (χ2v) is 1.99. The molecule has 5 heteroatoms. The summed E-state index contributed by atoms with van der Waals surface area (Å²) in [6.45, 7) is -0.0764. The van der Waals surface area contributed by atoms with Crippen LogP contribution in [-0.4, -0.2) is 34.1 Å². The Morgan fingerprint density at radius 3 is 2.10 bits per heavy atom. The SMILES string of the molecule is NCC(CC(O)O)C(=O)O. The minimum Gasteiger partial charge on any atom is -0.481 e. The van der Waals surface area contributed by atoms with Crippen molar-refractivity contribution >= 4 is 5.97 Å². The Labute approximate surface area is 58.1 Å². The molecule has 0 aliphatic carbocycles. The lowest BCUT2D eigenvalue weighted by Crippen LogP contribution is -2.27. The van der Waals surface area contributed by atoms with Gasteiger partial charge in [0.25, 0.3) is 0 Å². The number of carbonyl (C=O) groups is 1. The molecule has 0 aliphatic rings. The summed E-state index contributed by atoms with van der Waals surface area (Å²) in [5.41, 5.74) is 5.02. The Balaban J connectivity index is 3.72. The number of rotatable bonds is 4. The van der Waals surface area contributed by atoms with Gasteiger partial charge in [-0.2, -0.15) is 0 Å². The molecule has 0 saturated carbocycles. The number of aliphatic hydroxyl groups excluding tert-OH is 1. The highest BCUT2D eigenvalue weighted by Gasteiger charge is 2.17. The van der Waals surface area contributed by atoms with Crippen LogP contribution >= 0.6 is 0 Å². The fourth-order valence-corrected chi connectivity index (χ4v) is 0.552. The number of hydrogen-bond acceptors (Lipinski definition) is 4. The van der Waals surface area contributed by atoms with Gasteiger partial charge in [0, 0.05) is 13.0 Å². The van der Waals surface area contributed by atoms with Crippen molar-refractivity contribution in [1.29, 1.82) is 0 Å². The van der Waals surface area contributed by atoms with E-state index in [0.717, 1.165) is 0 Å². The molecule has 0 rings (SSSR count). The molecule has 0 saturated heterocycles. The molecule has 0 spiro atoms. The van der Waals surface area contributed by atoms with E-state index in [1.54, 1.807) is 0 Å². The Kier molecular flexibility index (Phi) is 3.94. The molecule has 0 aromatic carbocycles. The monoisotopic (exact) mass is 149 g/mol. The van der Waals surface area contributed by atoms with Crippen LogP contribution in [0, 0.1) is 5.92 Å². The lowest BCUT2D eigenvalue weighted by molar-refractivity contribution is -0.145. The zero-order valence-corrected chi connectivity index (χ0v) is 5.40. The minimum atomic E-state index is -1.59. The van der Waals surface area contributed by atoms with Crippen molar-refractivity contribution in [2.45, 2.75) is 12.7 Å². The Morgan fingerprint density at radius 2 is 2.00 bits per heavy atom. The Bertz CT molecular complexity index is 114. The van der Waals surface area contributed by atoms with E-state index in [0.29, 0.717) is 0 Å². The van der Waals surface area contributed by atoms with E-state index in [4.69, 9.17) is 21.1 Å². The topological polar surface area (TPSA) is 104 Å². The van der Waals surface area contributed by atoms with Crippen LogP contribution in [0.3, 0.4) is 0 Å². The molecule has 5 N–H and O–H groups in total. The van der Waals surface area contributed by atoms with Crippen LogP contribution in [0.5, 0.6) is 0 Å². The maximum atomic E-state index is 10.2. The molecule has 1 unspecified atom stereocenters. The molecule has 0 fully saturated rings. The number of hydrogen-bond donors (Lipinski definition) is 4. The van der Waals surface area contributed by atoms with Crippen molar-refractivity contribution in [3.63, 3.8) is 0 Å². The van der Waals surface area contributed by atoms with Gasteiger partial charge in [-0.1, -0.05) is 0 Å². The van der Waals surface area contributed by atoms with E-state index in [-0.39, 0.29) is 13.0 Å². The highest BCUT2D eigenvalue weighted by atomic mass is 16.5. The molecular formula is C5H11NO4. The highest BCUT2D eigenvalue weighted by Crippen LogP contribution is 2.02. The first-order valence-corrected chi connectivity index (χ1v) is 2.87. The van der Waals surface area contributed by atoms with Gasteiger partial charge in [-0.15, -0.1) is 0 Å². The summed E-state index contributed by atoms with van der Waals surface area (Å²) >= 11 is 0. The van der Waals surface area contributed by atoms with Crippen molar-refractivity contribution in [3.8, 4) is 0 Å². The summed E-state index contributed by atoms with van der Waals surface area (Å²) in [4.78, 5) is 10.2. The third kappa shape index (κ3) is 3.39. The largest absolute Gasteiger partial charge is 0.481 e. The van der Waals surface area contributed by atoms with Crippen LogP contribution in [0.15, 0.2) is 0 Å². The predicted octanol–water partition coefficient (Wildman–Crippen LogP) is -1.65. The van der Waals surface area contributed by atoms with Gasteiger partial charge in [0.15, 0.2) is 6.29 Å². The lowest BCUT2D eigenvalue weighted by atomic mass is 10.1. The first kappa shape index (κ1) is 9.35. The van der Waals surface area contributed by atoms with E-state index >= 15 is 0 Å². The summed E-state index contributed by atoms with van der Waals surface area (Å²) in [6, 6.07) is 0. The van der Waals surface area contributed by atoms with Crippen LogP contribution in [0.4, 0.5) is 0 Å². The van der Waals surface area contributed by atoms with E-state index < -0.39 is 18.2 Å². The molecule has 60 valence electrons. The van der Waals surface area contributed by atoms with Gasteiger partial charge < -0.3 is 21.1 Å². The first-order chi connectivity index (χ1) is 4.57. The fourth-order valence-electron chi connectivity index (χ4n) is 0.552. The van der Waals surface area contributed by atoms with Gasteiger partial charge >= 0.3 is 5.97 Å². The smallest absolute Gasteiger partial charge is 0.307 e. The van der Waals surface area contributed by atoms with Crippen LogP contribution in [0.2, 0.25) is 0 Å². The first-order valence-electron chi connectivity index (χ1n) is 2.87. The van der Waals surface area contributed by atoms with Gasteiger partial charge in [0.05, 0.1) is 5.92 Å². The maximum absolute atomic E-state index is 10.2. The zero-order valence-electron chi connectivity index (χ0n) is 5.40. The molecule has 0 heterocycles. The fraction of sp³-hybridized carbons (Fsp3) is 0.800. The van der Waals surface area contributed by atoms with Crippen molar-refractivity contribution in [2.75, 3.05) is 6.54 Å². The molecule has 0 aromatic rings. The summed E-state index contributed by atoms with van der Waals surface area (Å²) < 4.78 is 0. The maximum Gasteiger partial charge on any atom is 0.307 e. The summed E-state index contributed by atoms with van der Waals surface area (Å²) in [6.07, 6.45) is -1.81.